The van der Waals surface area contributed by atoms with Gasteiger partial charge in [0.05, 0.1) is 12.6 Å². The van der Waals surface area contributed by atoms with E-state index in [0.29, 0.717) is 17.5 Å². The lowest BCUT2D eigenvalue weighted by Crippen LogP contribution is -2.05. The summed E-state index contributed by atoms with van der Waals surface area (Å²) in [5.41, 5.74) is 1.71. The third-order valence-corrected chi connectivity index (χ3v) is 3.09. The van der Waals surface area contributed by atoms with Gasteiger partial charge in [0.1, 0.15) is 5.75 Å². The first-order chi connectivity index (χ1) is 9.67. The third-order valence-electron chi connectivity index (χ3n) is 3.09. The third kappa shape index (κ3) is 2.88. The first kappa shape index (κ1) is 14.3. The van der Waals surface area contributed by atoms with Crippen LogP contribution in [0.1, 0.15) is 22.5 Å². The Kier molecular flexibility index (Phi) is 4.53. The van der Waals surface area contributed by atoms with Gasteiger partial charge in [0.25, 0.3) is 0 Å². The Morgan fingerprint density at radius 2 is 2.15 bits per heavy atom. The van der Waals surface area contributed by atoms with E-state index < -0.39 is 5.97 Å². The van der Waals surface area contributed by atoms with Crippen LogP contribution in [-0.4, -0.2) is 36.9 Å². The fourth-order valence-electron chi connectivity index (χ4n) is 2.11. The molecule has 0 atom stereocenters. The van der Waals surface area contributed by atoms with Crippen LogP contribution in [0.15, 0.2) is 24.3 Å². The first-order valence-electron chi connectivity index (χ1n) is 6.36. The number of pyridine rings is 1. The summed E-state index contributed by atoms with van der Waals surface area (Å²) in [5.74, 6) is -0.530. The lowest BCUT2D eigenvalue weighted by Gasteiger charge is -2.09. The minimum absolute atomic E-state index is 0.0315. The Balaban J connectivity index is 2.47. The van der Waals surface area contributed by atoms with E-state index in [-0.39, 0.29) is 11.4 Å². The second-order valence-corrected chi connectivity index (χ2v) is 4.43. The van der Waals surface area contributed by atoms with Crippen molar-refractivity contribution in [3.63, 3.8) is 0 Å². The molecule has 0 saturated carbocycles. The van der Waals surface area contributed by atoms with Crippen molar-refractivity contribution in [2.45, 2.75) is 12.8 Å². The Morgan fingerprint density at radius 1 is 1.35 bits per heavy atom. The molecular formula is C15H17NO4. The van der Waals surface area contributed by atoms with Crippen molar-refractivity contribution in [3.05, 3.63) is 35.5 Å². The molecule has 0 saturated heterocycles. The van der Waals surface area contributed by atoms with Gasteiger partial charge in [0.15, 0.2) is 5.69 Å². The molecule has 0 amide bonds. The van der Waals surface area contributed by atoms with Gasteiger partial charge in [-0.05, 0) is 24.5 Å². The molecule has 2 aromatic rings. The fraction of sp³-hybridized carbons (Fsp3) is 0.333. The molecule has 0 aliphatic rings. The SMILES string of the molecule is COCCCc1cccc2c(O)cc(C(=O)OC)nc12. The number of aromatic nitrogens is 1. The molecule has 5 nitrogen and oxygen atoms in total. The molecule has 0 fully saturated rings. The van der Waals surface area contributed by atoms with E-state index in [0.717, 1.165) is 18.4 Å². The number of carbonyl (C=O) groups is 1. The van der Waals surface area contributed by atoms with Crippen molar-refractivity contribution in [2.24, 2.45) is 0 Å². The van der Waals surface area contributed by atoms with Crippen molar-refractivity contribution in [3.8, 4) is 5.75 Å². The molecule has 1 N–H and O–H groups in total. The number of fused-ring (bicyclic) bond motifs is 1. The summed E-state index contributed by atoms with van der Waals surface area (Å²) in [6.07, 6.45) is 1.61. The summed E-state index contributed by atoms with van der Waals surface area (Å²) in [4.78, 5) is 15.9. The number of nitrogens with zero attached hydrogens (tertiary/aromatic N) is 1. The van der Waals surface area contributed by atoms with Gasteiger partial charge in [0, 0.05) is 25.2 Å². The van der Waals surface area contributed by atoms with Crippen LogP contribution in [0.4, 0.5) is 0 Å². The van der Waals surface area contributed by atoms with E-state index in [2.05, 4.69) is 9.72 Å². The van der Waals surface area contributed by atoms with Crippen LogP contribution in [0, 0.1) is 0 Å². The maximum atomic E-state index is 11.6. The molecule has 0 unspecified atom stereocenters. The van der Waals surface area contributed by atoms with Crippen molar-refractivity contribution in [1.82, 2.24) is 4.98 Å². The van der Waals surface area contributed by atoms with E-state index >= 15 is 0 Å². The second kappa shape index (κ2) is 6.34. The first-order valence-corrected chi connectivity index (χ1v) is 6.36. The van der Waals surface area contributed by atoms with Crippen LogP contribution < -0.4 is 0 Å². The summed E-state index contributed by atoms with van der Waals surface area (Å²) in [7, 11) is 2.94. The van der Waals surface area contributed by atoms with Gasteiger partial charge in [-0.1, -0.05) is 12.1 Å². The molecule has 0 spiro atoms. The highest BCUT2D eigenvalue weighted by molar-refractivity contribution is 5.94. The van der Waals surface area contributed by atoms with Gasteiger partial charge in [-0.15, -0.1) is 0 Å². The van der Waals surface area contributed by atoms with Crippen LogP contribution >= 0.6 is 0 Å². The van der Waals surface area contributed by atoms with Crippen LogP contribution in [0.25, 0.3) is 10.9 Å². The monoisotopic (exact) mass is 275 g/mol. The minimum atomic E-state index is -0.561. The molecule has 1 aromatic heterocycles. The van der Waals surface area contributed by atoms with Crippen LogP contribution in [0.3, 0.4) is 0 Å². The highest BCUT2D eigenvalue weighted by Gasteiger charge is 2.13. The fourth-order valence-corrected chi connectivity index (χ4v) is 2.11. The van der Waals surface area contributed by atoms with Gasteiger partial charge in [0.2, 0.25) is 0 Å². The van der Waals surface area contributed by atoms with E-state index in [9.17, 15) is 9.90 Å². The Hall–Kier alpha value is -2.14. The lowest BCUT2D eigenvalue weighted by molar-refractivity contribution is 0.0594. The highest BCUT2D eigenvalue weighted by Crippen LogP contribution is 2.27. The molecule has 2 rings (SSSR count). The molecular weight excluding hydrogens is 258 g/mol. The quantitative estimate of drug-likeness (QED) is 0.670. The maximum absolute atomic E-state index is 11.6. The molecule has 106 valence electrons. The molecule has 5 heteroatoms. The van der Waals surface area contributed by atoms with E-state index in [4.69, 9.17) is 4.74 Å². The number of hydrogen-bond acceptors (Lipinski definition) is 5. The van der Waals surface area contributed by atoms with Gasteiger partial charge in [-0.3, -0.25) is 0 Å². The van der Waals surface area contributed by atoms with Gasteiger partial charge in [-0.25, -0.2) is 9.78 Å². The Morgan fingerprint density at radius 3 is 2.85 bits per heavy atom. The van der Waals surface area contributed by atoms with Gasteiger partial charge in [-0.2, -0.15) is 0 Å². The predicted octanol–water partition coefficient (Wildman–Crippen LogP) is 2.31. The number of para-hydroxylation sites is 1. The molecule has 0 aliphatic carbocycles. The summed E-state index contributed by atoms with van der Waals surface area (Å²) in [6.45, 7) is 0.652. The number of methoxy groups -OCH3 is 2. The number of hydrogen-bond donors (Lipinski definition) is 1. The van der Waals surface area contributed by atoms with Crippen molar-refractivity contribution >= 4 is 16.9 Å². The lowest BCUT2D eigenvalue weighted by atomic mass is 10.0. The minimum Gasteiger partial charge on any atom is -0.507 e. The molecule has 0 radical (unpaired) electrons. The van der Waals surface area contributed by atoms with Crippen molar-refractivity contribution < 1.29 is 19.4 Å². The average molecular weight is 275 g/mol. The summed E-state index contributed by atoms with van der Waals surface area (Å²) in [6, 6.07) is 6.90. The van der Waals surface area contributed by atoms with Crippen molar-refractivity contribution in [1.29, 1.82) is 0 Å². The summed E-state index contributed by atoms with van der Waals surface area (Å²) in [5, 5.41) is 10.7. The number of benzene rings is 1. The average Bonchev–Trinajstić information content (AvgIpc) is 2.47. The van der Waals surface area contributed by atoms with E-state index in [1.165, 1.54) is 13.2 Å². The number of esters is 1. The number of aromatic hydroxyl groups is 1. The molecule has 20 heavy (non-hydrogen) atoms. The number of ether oxygens (including phenoxy) is 2. The maximum Gasteiger partial charge on any atom is 0.356 e. The largest absolute Gasteiger partial charge is 0.507 e. The normalized spacial score (nSPS) is 10.7. The topological polar surface area (TPSA) is 68.7 Å². The van der Waals surface area contributed by atoms with E-state index in [1.54, 1.807) is 13.2 Å². The van der Waals surface area contributed by atoms with Crippen molar-refractivity contribution in [2.75, 3.05) is 20.8 Å². The van der Waals surface area contributed by atoms with E-state index in [1.807, 2.05) is 12.1 Å². The number of carbonyl (C=O) groups excluding carboxylic acids is 1. The smallest absolute Gasteiger partial charge is 0.356 e. The zero-order chi connectivity index (χ0) is 14.5. The number of aryl methyl sites for hydroxylation is 1. The summed E-state index contributed by atoms with van der Waals surface area (Å²) >= 11 is 0. The predicted molar refractivity (Wildman–Crippen MR) is 74.9 cm³/mol. The molecule has 1 aromatic carbocycles. The number of rotatable bonds is 5. The van der Waals surface area contributed by atoms with Gasteiger partial charge < -0.3 is 14.6 Å². The molecule has 0 aliphatic heterocycles. The van der Waals surface area contributed by atoms with Gasteiger partial charge >= 0.3 is 5.97 Å². The summed E-state index contributed by atoms with van der Waals surface area (Å²) < 4.78 is 9.68. The second-order valence-electron chi connectivity index (χ2n) is 4.43. The standard InChI is InChI=1S/C15H17NO4/c1-19-8-4-6-10-5-3-7-11-13(17)9-12(15(18)20-2)16-14(10)11/h3,5,7,9H,4,6,8H2,1-2H3,(H,16,17). The van der Waals surface area contributed by atoms with Crippen LogP contribution in [-0.2, 0) is 15.9 Å². The highest BCUT2D eigenvalue weighted by atomic mass is 16.5. The van der Waals surface area contributed by atoms with Crippen LogP contribution in [0.5, 0.6) is 5.75 Å². The molecule has 1 heterocycles. The zero-order valence-electron chi connectivity index (χ0n) is 11.5. The zero-order valence-corrected chi connectivity index (χ0v) is 11.5. The van der Waals surface area contributed by atoms with Crippen LogP contribution in [0.2, 0.25) is 0 Å². The Labute approximate surface area is 117 Å². The molecule has 0 bridgehead atoms. The Bertz CT molecular complexity index is 625.